The molecule has 8 nitrogen and oxygen atoms in total. The van der Waals surface area contributed by atoms with Crippen LogP contribution in [0.3, 0.4) is 0 Å². The molecule has 1 aliphatic rings. The highest BCUT2D eigenvalue weighted by molar-refractivity contribution is 7.85. The summed E-state index contributed by atoms with van der Waals surface area (Å²) in [6.07, 6.45) is 1.35. The predicted molar refractivity (Wildman–Crippen MR) is 97.2 cm³/mol. The molecule has 0 radical (unpaired) electrons. The number of nitrogen functional groups attached to an aromatic ring is 1. The van der Waals surface area contributed by atoms with E-state index < -0.39 is 10.8 Å². The van der Waals surface area contributed by atoms with E-state index in [9.17, 15) is 9.00 Å². The van der Waals surface area contributed by atoms with E-state index in [-0.39, 0.29) is 17.8 Å². The molecule has 3 aromatic rings. The Bertz CT molecular complexity index is 1050. The number of likely N-dealkylation sites (tertiary alicyclic amines) is 1. The van der Waals surface area contributed by atoms with Gasteiger partial charge in [0.05, 0.1) is 11.4 Å². The summed E-state index contributed by atoms with van der Waals surface area (Å²) in [6, 6.07) is 6.74. The lowest BCUT2D eigenvalue weighted by Crippen LogP contribution is -2.50. The molecule has 0 bridgehead atoms. The molecule has 0 saturated carbocycles. The predicted octanol–water partition coefficient (Wildman–Crippen LogP) is 1.63. The SMILES string of the molecule is CC(=O)N1CC(n2nc(S(=O)c3cccc(Cl)c3)c3c(N)ncnc32)C1. The van der Waals surface area contributed by atoms with E-state index in [0.29, 0.717) is 39.1 Å². The average molecular weight is 391 g/mol. The van der Waals surface area contributed by atoms with E-state index in [4.69, 9.17) is 17.3 Å². The molecule has 1 aromatic carbocycles. The highest BCUT2D eigenvalue weighted by Crippen LogP contribution is 2.32. The fourth-order valence-electron chi connectivity index (χ4n) is 2.91. The molecule has 1 amide bonds. The molecular formula is C16H15ClN6O2S. The van der Waals surface area contributed by atoms with Crippen LogP contribution >= 0.6 is 11.6 Å². The lowest BCUT2D eigenvalue weighted by molar-refractivity contribution is -0.134. The second-order valence-electron chi connectivity index (χ2n) is 6.01. The van der Waals surface area contributed by atoms with Crippen LogP contribution in [0.15, 0.2) is 40.5 Å². The Morgan fingerprint density at radius 3 is 2.81 bits per heavy atom. The number of fused-ring (bicyclic) bond motifs is 1. The highest BCUT2D eigenvalue weighted by atomic mass is 35.5. The van der Waals surface area contributed by atoms with Crippen molar-refractivity contribution in [2.24, 2.45) is 0 Å². The number of nitrogens with two attached hydrogens (primary N) is 1. The van der Waals surface area contributed by atoms with Gasteiger partial charge in [0.2, 0.25) is 5.91 Å². The van der Waals surface area contributed by atoms with Crippen LogP contribution in [0, 0.1) is 0 Å². The van der Waals surface area contributed by atoms with Crippen LogP contribution in [-0.2, 0) is 15.6 Å². The van der Waals surface area contributed by atoms with Crippen LogP contribution in [0.2, 0.25) is 5.02 Å². The fourth-order valence-corrected chi connectivity index (χ4v) is 4.37. The van der Waals surface area contributed by atoms with Gasteiger partial charge in [-0.15, -0.1) is 0 Å². The summed E-state index contributed by atoms with van der Waals surface area (Å²) in [5, 5.41) is 5.77. The summed E-state index contributed by atoms with van der Waals surface area (Å²) in [5.41, 5.74) is 6.53. The van der Waals surface area contributed by atoms with Gasteiger partial charge in [0.15, 0.2) is 10.7 Å². The lowest BCUT2D eigenvalue weighted by Gasteiger charge is -2.38. The zero-order chi connectivity index (χ0) is 18.4. The summed E-state index contributed by atoms with van der Waals surface area (Å²) in [5.74, 6) is 0.226. The number of benzene rings is 1. The van der Waals surface area contributed by atoms with Crippen molar-refractivity contribution < 1.29 is 9.00 Å². The molecule has 1 saturated heterocycles. The van der Waals surface area contributed by atoms with E-state index >= 15 is 0 Å². The van der Waals surface area contributed by atoms with Gasteiger partial charge in [-0.25, -0.2) is 18.9 Å². The molecule has 2 N–H and O–H groups in total. The second kappa shape index (κ2) is 6.33. The zero-order valence-corrected chi connectivity index (χ0v) is 15.4. The zero-order valence-electron chi connectivity index (χ0n) is 13.8. The van der Waals surface area contributed by atoms with E-state index in [2.05, 4.69) is 15.1 Å². The third kappa shape index (κ3) is 2.73. The van der Waals surface area contributed by atoms with Gasteiger partial charge in [0, 0.05) is 29.9 Å². The maximum absolute atomic E-state index is 13.1. The van der Waals surface area contributed by atoms with Crippen LogP contribution in [0.4, 0.5) is 5.82 Å². The van der Waals surface area contributed by atoms with E-state index in [1.165, 1.54) is 13.3 Å². The number of hydrogen-bond acceptors (Lipinski definition) is 6. The van der Waals surface area contributed by atoms with Crippen LogP contribution in [0.5, 0.6) is 0 Å². The fraction of sp³-hybridized carbons (Fsp3) is 0.250. The Morgan fingerprint density at radius 2 is 2.12 bits per heavy atom. The van der Waals surface area contributed by atoms with Crippen LogP contribution in [0.1, 0.15) is 13.0 Å². The van der Waals surface area contributed by atoms with Crippen molar-refractivity contribution in [2.75, 3.05) is 18.8 Å². The van der Waals surface area contributed by atoms with Crippen LogP contribution in [0.25, 0.3) is 11.0 Å². The van der Waals surface area contributed by atoms with E-state index in [0.717, 1.165) is 0 Å². The number of amides is 1. The second-order valence-corrected chi connectivity index (χ2v) is 7.84. The minimum Gasteiger partial charge on any atom is -0.383 e. The molecule has 10 heteroatoms. The first-order valence-electron chi connectivity index (χ1n) is 7.87. The maximum atomic E-state index is 13.1. The first-order valence-corrected chi connectivity index (χ1v) is 9.40. The molecule has 4 rings (SSSR count). The highest BCUT2D eigenvalue weighted by Gasteiger charge is 2.34. The lowest BCUT2D eigenvalue weighted by atomic mass is 10.1. The molecule has 1 unspecified atom stereocenters. The van der Waals surface area contributed by atoms with E-state index in [1.54, 1.807) is 33.8 Å². The number of carbonyl (C=O) groups is 1. The molecular weight excluding hydrogens is 376 g/mol. The summed E-state index contributed by atoms with van der Waals surface area (Å²) in [6.45, 7) is 2.58. The van der Waals surface area contributed by atoms with Gasteiger partial charge < -0.3 is 10.6 Å². The topological polar surface area (TPSA) is 107 Å². The normalized spacial score (nSPS) is 15.8. The third-order valence-electron chi connectivity index (χ3n) is 4.33. The Balaban J connectivity index is 1.80. The molecule has 2 aromatic heterocycles. The Morgan fingerprint density at radius 1 is 1.35 bits per heavy atom. The molecule has 1 fully saturated rings. The number of nitrogens with zero attached hydrogens (tertiary/aromatic N) is 5. The van der Waals surface area contributed by atoms with Crippen molar-refractivity contribution in [3.63, 3.8) is 0 Å². The third-order valence-corrected chi connectivity index (χ3v) is 5.88. The minimum absolute atomic E-state index is 0.00887. The van der Waals surface area contributed by atoms with E-state index in [1.807, 2.05) is 0 Å². The average Bonchev–Trinajstić information content (AvgIpc) is 2.93. The van der Waals surface area contributed by atoms with Gasteiger partial charge in [-0.2, -0.15) is 5.10 Å². The first-order chi connectivity index (χ1) is 12.5. The maximum Gasteiger partial charge on any atom is 0.219 e. The Labute approximate surface area is 156 Å². The number of aromatic nitrogens is 4. The van der Waals surface area contributed by atoms with Crippen molar-refractivity contribution in [1.82, 2.24) is 24.6 Å². The summed E-state index contributed by atoms with van der Waals surface area (Å²) >= 11 is 6.01. The summed E-state index contributed by atoms with van der Waals surface area (Å²) in [7, 11) is -1.59. The molecule has 26 heavy (non-hydrogen) atoms. The first kappa shape index (κ1) is 16.9. The molecule has 0 aliphatic carbocycles. The van der Waals surface area contributed by atoms with Gasteiger partial charge in [0.25, 0.3) is 0 Å². The Kier molecular flexibility index (Phi) is 4.12. The standard InChI is InChI=1S/C16H15ClN6O2S/c1-9(24)22-6-11(7-22)23-15-13(14(18)19-8-20-15)16(21-23)26(25)12-4-2-3-10(17)5-12/h2-5,8,11H,6-7H2,1H3,(H2,18,19,20). The van der Waals surface area contributed by atoms with Crippen molar-refractivity contribution in [3.8, 4) is 0 Å². The smallest absolute Gasteiger partial charge is 0.219 e. The summed E-state index contributed by atoms with van der Waals surface area (Å²) < 4.78 is 14.8. The quantitative estimate of drug-likeness (QED) is 0.728. The van der Waals surface area contributed by atoms with Crippen molar-refractivity contribution >= 4 is 45.2 Å². The molecule has 0 spiro atoms. The summed E-state index contributed by atoms with van der Waals surface area (Å²) in [4.78, 5) is 21.9. The molecule has 1 atom stereocenters. The van der Waals surface area contributed by atoms with Crippen LogP contribution < -0.4 is 5.73 Å². The van der Waals surface area contributed by atoms with Gasteiger partial charge in [0.1, 0.15) is 22.9 Å². The Hall–Kier alpha value is -2.52. The minimum atomic E-state index is -1.59. The van der Waals surface area contributed by atoms with Gasteiger partial charge in [-0.05, 0) is 18.2 Å². The van der Waals surface area contributed by atoms with Crippen molar-refractivity contribution in [1.29, 1.82) is 0 Å². The van der Waals surface area contributed by atoms with Crippen molar-refractivity contribution in [2.45, 2.75) is 22.9 Å². The number of halogens is 1. The van der Waals surface area contributed by atoms with Crippen molar-refractivity contribution in [3.05, 3.63) is 35.6 Å². The van der Waals surface area contributed by atoms with Gasteiger partial charge in [-0.3, -0.25) is 4.79 Å². The number of rotatable bonds is 3. The number of hydrogen-bond donors (Lipinski definition) is 1. The molecule has 134 valence electrons. The monoisotopic (exact) mass is 390 g/mol. The molecule has 3 heterocycles. The molecule has 1 aliphatic heterocycles. The van der Waals surface area contributed by atoms with Gasteiger partial charge in [-0.1, -0.05) is 17.7 Å². The van der Waals surface area contributed by atoms with Gasteiger partial charge >= 0.3 is 0 Å². The largest absolute Gasteiger partial charge is 0.383 e. The van der Waals surface area contributed by atoms with Crippen LogP contribution in [-0.4, -0.2) is 47.9 Å². The number of anilines is 1. The number of carbonyl (C=O) groups excluding carboxylic acids is 1.